The molecule has 37 heavy (non-hydrogen) atoms. The van der Waals surface area contributed by atoms with Gasteiger partial charge in [-0.2, -0.15) is 18.3 Å². The Morgan fingerprint density at radius 3 is 2.68 bits per heavy atom. The quantitative estimate of drug-likeness (QED) is 0.340. The summed E-state index contributed by atoms with van der Waals surface area (Å²) in [5.74, 6) is 1.35. The van der Waals surface area contributed by atoms with Crippen LogP contribution in [0.15, 0.2) is 24.4 Å². The number of alkyl halides is 3. The van der Waals surface area contributed by atoms with E-state index in [4.69, 9.17) is 4.74 Å². The van der Waals surface area contributed by atoms with Gasteiger partial charge in [-0.3, -0.25) is 9.48 Å². The highest BCUT2D eigenvalue weighted by molar-refractivity contribution is 7.13. The molecule has 6 nitrogen and oxygen atoms in total. The molecule has 0 saturated heterocycles. The number of carbonyl (C=O) groups excluding carboxylic acids is 1. The van der Waals surface area contributed by atoms with Gasteiger partial charge < -0.3 is 9.64 Å². The summed E-state index contributed by atoms with van der Waals surface area (Å²) >= 11 is 1.25. The second-order valence-corrected chi connectivity index (χ2v) is 11.5. The lowest BCUT2D eigenvalue weighted by molar-refractivity contribution is -0.153. The van der Waals surface area contributed by atoms with Gasteiger partial charge in [-0.25, -0.2) is 4.98 Å². The van der Waals surface area contributed by atoms with Gasteiger partial charge in [-0.1, -0.05) is 36.3 Å². The normalized spacial score (nSPS) is 21.1. The highest BCUT2D eigenvalue weighted by Gasteiger charge is 2.30. The third kappa shape index (κ3) is 6.52. The van der Waals surface area contributed by atoms with Gasteiger partial charge in [-0.05, 0) is 50.1 Å². The summed E-state index contributed by atoms with van der Waals surface area (Å²) in [5.41, 5.74) is 2.59. The van der Waals surface area contributed by atoms with Gasteiger partial charge in [0.05, 0.1) is 17.4 Å². The fourth-order valence-corrected chi connectivity index (χ4v) is 6.68. The number of rotatable bonds is 8. The fraction of sp³-hybridized carbons (Fsp3) is 0.593. The number of nitrogens with zero attached hydrogens (tertiary/aromatic N) is 4. The second-order valence-electron chi connectivity index (χ2n) is 10.4. The Kier molecular flexibility index (Phi) is 7.85. The molecule has 10 heteroatoms. The molecule has 2 aliphatic rings. The first-order valence-corrected chi connectivity index (χ1v) is 13.9. The number of hydrogen-bond donors (Lipinski definition) is 0. The molecule has 0 radical (unpaired) electrons. The minimum atomic E-state index is -4.34. The number of carbonyl (C=O) groups is 1. The number of ether oxygens (including phenoxy) is 1. The second kappa shape index (κ2) is 11.1. The lowest BCUT2D eigenvalue weighted by Gasteiger charge is -2.30. The molecule has 1 aliphatic carbocycles. The van der Waals surface area contributed by atoms with Gasteiger partial charge in [0.25, 0.3) is 5.19 Å². The molecule has 200 valence electrons. The zero-order valence-electron chi connectivity index (χ0n) is 21.1. The minimum absolute atomic E-state index is 0.128. The van der Waals surface area contributed by atoms with Crippen molar-refractivity contribution in [1.29, 1.82) is 0 Å². The number of ketones is 1. The average molecular weight is 535 g/mol. The molecule has 0 bridgehead atoms. The number of para-hydroxylation sites is 1. The third-order valence-corrected chi connectivity index (χ3v) is 8.86. The molecular formula is C27H33F3N4O2S. The van der Waals surface area contributed by atoms with Crippen LogP contribution in [0, 0.1) is 11.8 Å². The standard InChI is InChI=1S/C27H33F3N4O2S/c1-33-25-20(16-31-33)3-2-4-21(25)23(35)15-19-7-5-18(6-8-19)9-12-34-13-10-22-24(11-14-34)37-26(32-22)36-17-27(28,29)30/h2-4,16,18-19H,5-15,17H2,1H3. The predicted octanol–water partition coefficient (Wildman–Crippen LogP) is 5.84. The van der Waals surface area contributed by atoms with Gasteiger partial charge in [0.2, 0.25) is 0 Å². The summed E-state index contributed by atoms with van der Waals surface area (Å²) in [6.45, 7) is 1.52. The Balaban J connectivity index is 1.04. The Bertz CT molecular complexity index is 1200. The molecule has 0 unspecified atom stereocenters. The maximum atomic E-state index is 13.1. The number of halogens is 3. The molecule has 0 amide bonds. The lowest BCUT2D eigenvalue weighted by atomic mass is 9.78. The van der Waals surface area contributed by atoms with Crippen molar-refractivity contribution in [3.63, 3.8) is 0 Å². The first-order valence-electron chi connectivity index (χ1n) is 13.1. The number of aromatic nitrogens is 3. The number of fused-ring (bicyclic) bond motifs is 2. The highest BCUT2D eigenvalue weighted by Crippen LogP contribution is 2.35. The van der Waals surface area contributed by atoms with Crippen molar-refractivity contribution < 1.29 is 22.7 Å². The summed E-state index contributed by atoms with van der Waals surface area (Å²) in [4.78, 5) is 20.9. The van der Waals surface area contributed by atoms with Crippen molar-refractivity contribution in [3.05, 3.63) is 40.5 Å². The van der Waals surface area contributed by atoms with E-state index >= 15 is 0 Å². The third-order valence-electron chi connectivity index (χ3n) is 7.79. The summed E-state index contributed by atoms with van der Waals surface area (Å²) in [5, 5.41) is 5.44. The van der Waals surface area contributed by atoms with E-state index in [1.807, 2.05) is 31.4 Å². The zero-order valence-corrected chi connectivity index (χ0v) is 21.9. The van der Waals surface area contributed by atoms with Crippen LogP contribution in [0.4, 0.5) is 13.2 Å². The van der Waals surface area contributed by atoms with Crippen LogP contribution < -0.4 is 4.74 Å². The van der Waals surface area contributed by atoms with Crippen molar-refractivity contribution in [2.45, 2.75) is 57.5 Å². The predicted molar refractivity (Wildman–Crippen MR) is 137 cm³/mol. The summed E-state index contributed by atoms with van der Waals surface area (Å²) in [7, 11) is 1.88. The number of benzene rings is 1. The van der Waals surface area contributed by atoms with Gasteiger partial charge >= 0.3 is 6.18 Å². The van der Waals surface area contributed by atoms with Crippen molar-refractivity contribution in [3.8, 4) is 5.19 Å². The van der Waals surface area contributed by atoms with Crippen molar-refractivity contribution >= 4 is 28.0 Å². The van der Waals surface area contributed by atoms with Crippen LogP contribution in [-0.4, -0.2) is 57.9 Å². The van der Waals surface area contributed by atoms with Crippen LogP contribution in [0.1, 0.15) is 59.5 Å². The Hall–Kier alpha value is -2.46. The molecule has 0 spiro atoms. The lowest BCUT2D eigenvalue weighted by Crippen LogP contribution is -2.30. The SMILES string of the molecule is Cn1ncc2cccc(C(=O)CC3CCC(CCN4CCc5nc(OCC(F)(F)F)sc5CC4)CC3)c21. The monoisotopic (exact) mass is 534 g/mol. The van der Waals surface area contributed by atoms with Crippen LogP contribution >= 0.6 is 11.3 Å². The average Bonchev–Trinajstić information content (AvgIpc) is 3.40. The Morgan fingerprint density at radius 2 is 1.89 bits per heavy atom. The first kappa shape index (κ1) is 26.2. The Labute approximate surface area is 218 Å². The fourth-order valence-electron chi connectivity index (χ4n) is 5.73. The van der Waals surface area contributed by atoms with E-state index in [-0.39, 0.29) is 11.0 Å². The van der Waals surface area contributed by atoms with Crippen molar-refractivity contribution in [2.24, 2.45) is 18.9 Å². The van der Waals surface area contributed by atoms with Crippen LogP contribution in [0.25, 0.3) is 10.9 Å². The molecule has 2 aromatic heterocycles. The number of aryl methyl sites for hydroxylation is 1. The molecule has 0 N–H and O–H groups in total. The maximum Gasteiger partial charge on any atom is 0.422 e. The van der Waals surface area contributed by atoms with Crippen molar-refractivity contribution in [2.75, 3.05) is 26.2 Å². The number of thiazole rings is 1. The summed E-state index contributed by atoms with van der Waals surface area (Å²) in [6, 6.07) is 5.85. The molecule has 1 aromatic carbocycles. The number of hydrogen-bond acceptors (Lipinski definition) is 6. The van der Waals surface area contributed by atoms with Crippen LogP contribution in [0.2, 0.25) is 0 Å². The van der Waals surface area contributed by atoms with Crippen molar-refractivity contribution in [1.82, 2.24) is 19.7 Å². The molecule has 3 aromatic rings. The largest absolute Gasteiger partial charge is 0.460 e. The van der Waals surface area contributed by atoms with E-state index in [0.29, 0.717) is 18.3 Å². The van der Waals surface area contributed by atoms with E-state index in [9.17, 15) is 18.0 Å². The minimum Gasteiger partial charge on any atom is -0.460 e. The first-order chi connectivity index (χ1) is 17.7. The molecule has 1 aliphatic heterocycles. The Morgan fingerprint density at radius 1 is 1.14 bits per heavy atom. The number of Topliss-reactive ketones (excluding diaryl/α,β-unsaturated/α-hetero) is 1. The summed E-state index contributed by atoms with van der Waals surface area (Å²) < 4.78 is 43.9. The van der Waals surface area contributed by atoms with E-state index in [2.05, 4.69) is 15.0 Å². The molecule has 3 heterocycles. The molecular weight excluding hydrogens is 501 g/mol. The smallest absolute Gasteiger partial charge is 0.422 e. The van der Waals surface area contributed by atoms with E-state index in [0.717, 1.165) is 91.6 Å². The topological polar surface area (TPSA) is 60.2 Å². The molecule has 1 fully saturated rings. The van der Waals surface area contributed by atoms with Crippen LogP contribution in [0.3, 0.4) is 0 Å². The van der Waals surface area contributed by atoms with E-state index in [1.165, 1.54) is 11.3 Å². The molecule has 1 saturated carbocycles. The maximum absolute atomic E-state index is 13.1. The van der Waals surface area contributed by atoms with Crippen LogP contribution in [0.5, 0.6) is 5.19 Å². The van der Waals surface area contributed by atoms with Crippen LogP contribution in [-0.2, 0) is 19.9 Å². The summed E-state index contributed by atoms with van der Waals surface area (Å²) in [6.07, 6.45) is 5.29. The van der Waals surface area contributed by atoms with Gasteiger partial charge in [0.15, 0.2) is 12.4 Å². The highest BCUT2D eigenvalue weighted by atomic mass is 32.1. The van der Waals surface area contributed by atoms with E-state index < -0.39 is 12.8 Å². The molecule has 0 atom stereocenters. The van der Waals surface area contributed by atoms with Gasteiger partial charge in [0.1, 0.15) is 0 Å². The van der Waals surface area contributed by atoms with E-state index in [1.54, 1.807) is 4.68 Å². The van der Waals surface area contributed by atoms with Gasteiger partial charge in [0, 0.05) is 48.8 Å². The zero-order chi connectivity index (χ0) is 26.0. The van der Waals surface area contributed by atoms with Gasteiger partial charge in [-0.15, -0.1) is 0 Å². The molecule has 5 rings (SSSR count).